The minimum atomic E-state index is 0.893. The van der Waals surface area contributed by atoms with Crippen LogP contribution < -0.4 is 4.90 Å². The molecule has 0 radical (unpaired) electrons. The van der Waals surface area contributed by atoms with E-state index in [-0.39, 0.29) is 0 Å². The molecule has 2 heterocycles. The van der Waals surface area contributed by atoms with Gasteiger partial charge in [-0.2, -0.15) is 0 Å². The van der Waals surface area contributed by atoms with Crippen LogP contribution in [0.2, 0.25) is 0 Å². The zero-order valence-corrected chi connectivity index (χ0v) is 37.7. The third kappa shape index (κ3) is 7.08. The van der Waals surface area contributed by atoms with Gasteiger partial charge in [0.25, 0.3) is 0 Å². The fourth-order valence-corrected chi connectivity index (χ4v) is 10.4. The molecular weight excluding hydrogens is 837 g/mol. The standard InChI is InChI=1S/C66H44N2O/c1-2-16-45(17-3-1)46-30-32-48(33-31-46)55-20-6-11-25-61(55)67(51-39-34-47(35-40-51)53-18-4-5-19-54(53)50-38-43-60-59-24-10-15-29-65(59)69-66(60)44-50)52-41-36-49(37-42-52)56-21-7-12-26-62(56)68-63-27-13-8-22-57(63)58-23-9-14-28-64(58)68/h1-44H. The molecule has 0 atom stereocenters. The second-order valence-electron chi connectivity index (χ2n) is 17.6. The van der Waals surface area contributed by atoms with E-state index in [1.54, 1.807) is 0 Å². The Morgan fingerprint density at radius 2 is 0.710 bits per heavy atom. The lowest BCUT2D eigenvalue weighted by atomic mass is 9.93. The van der Waals surface area contributed by atoms with Gasteiger partial charge in [-0.15, -0.1) is 0 Å². The van der Waals surface area contributed by atoms with Gasteiger partial charge < -0.3 is 13.9 Å². The second-order valence-corrected chi connectivity index (χ2v) is 17.6. The second kappa shape index (κ2) is 16.9. The summed E-state index contributed by atoms with van der Waals surface area (Å²) in [7, 11) is 0. The van der Waals surface area contributed by atoms with Crippen LogP contribution in [-0.4, -0.2) is 4.57 Å². The lowest BCUT2D eigenvalue weighted by molar-refractivity contribution is 0.669. The molecule has 0 spiro atoms. The molecule has 324 valence electrons. The van der Waals surface area contributed by atoms with Crippen molar-refractivity contribution < 1.29 is 4.42 Å². The van der Waals surface area contributed by atoms with Crippen molar-refractivity contribution in [2.24, 2.45) is 0 Å². The minimum Gasteiger partial charge on any atom is -0.456 e. The number of hydrogen-bond donors (Lipinski definition) is 0. The van der Waals surface area contributed by atoms with Crippen LogP contribution >= 0.6 is 0 Å². The third-order valence-corrected chi connectivity index (χ3v) is 13.7. The molecule has 0 bridgehead atoms. The predicted molar refractivity (Wildman–Crippen MR) is 290 cm³/mol. The summed E-state index contributed by atoms with van der Waals surface area (Å²) < 4.78 is 8.75. The Labute approximate surface area is 401 Å². The molecule has 0 aliphatic heterocycles. The van der Waals surface area contributed by atoms with Crippen LogP contribution in [0, 0.1) is 0 Å². The maximum absolute atomic E-state index is 6.33. The Balaban J connectivity index is 0.914. The lowest BCUT2D eigenvalue weighted by Crippen LogP contribution is -2.11. The highest BCUT2D eigenvalue weighted by atomic mass is 16.3. The van der Waals surface area contributed by atoms with E-state index < -0.39 is 0 Å². The zero-order chi connectivity index (χ0) is 45.7. The Kier molecular flexibility index (Phi) is 9.84. The summed E-state index contributed by atoms with van der Waals surface area (Å²) in [5.74, 6) is 0. The van der Waals surface area contributed by atoms with Crippen LogP contribution in [0.4, 0.5) is 17.1 Å². The fourth-order valence-electron chi connectivity index (χ4n) is 10.4. The zero-order valence-electron chi connectivity index (χ0n) is 37.7. The smallest absolute Gasteiger partial charge is 0.136 e. The number of furan rings is 1. The van der Waals surface area contributed by atoms with Gasteiger partial charge in [-0.1, -0.05) is 200 Å². The molecule has 0 aliphatic carbocycles. The first-order chi connectivity index (χ1) is 34.2. The summed E-state index contributed by atoms with van der Waals surface area (Å²) in [6.45, 7) is 0. The number of hydrogen-bond acceptors (Lipinski definition) is 2. The number of para-hydroxylation sites is 5. The average molecular weight is 881 g/mol. The summed E-state index contributed by atoms with van der Waals surface area (Å²) in [5.41, 5.74) is 20.2. The fraction of sp³-hybridized carbons (Fsp3) is 0. The molecule has 0 fully saturated rings. The third-order valence-electron chi connectivity index (χ3n) is 13.7. The molecule has 0 saturated carbocycles. The van der Waals surface area contributed by atoms with E-state index in [0.29, 0.717) is 0 Å². The average Bonchev–Trinajstić information content (AvgIpc) is 3.97. The molecule has 13 rings (SSSR count). The van der Waals surface area contributed by atoms with Crippen LogP contribution in [0.25, 0.3) is 105 Å². The molecule has 13 aromatic rings. The summed E-state index contributed by atoms with van der Waals surface area (Å²) in [6, 6.07) is 96.1. The summed E-state index contributed by atoms with van der Waals surface area (Å²) in [6.07, 6.45) is 0. The molecule has 0 amide bonds. The Morgan fingerprint density at radius 1 is 0.275 bits per heavy atom. The van der Waals surface area contributed by atoms with Gasteiger partial charge in [0.1, 0.15) is 11.2 Å². The first kappa shape index (κ1) is 40.1. The van der Waals surface area contributed by atoms with E-state index >= 15 is 0 Å². The van der Waals surface area contributed by atoms with E-state index in [4.69, 9.17) is 4.42 Å². The van der Waals surface area contributed by atoms with E-state index in [2.05, 4.69) is 264 Å². The van der Waals surface area contributed by atoms with E-state index in [1.807, 2.05) is 12.1 Å². The quantitative estimate of drug-likeness (QED) is 0.144. The van der Waals surface area contributed by atoms with Crippen molar-refractivity contribution in [2.75, 3.05) is 4.90 Å². The SMILES string of the molecule is c1ccc(-c2ccc(-c3ccccc3N(c3ccc(-c4ccccc4-c4ccc5c(c4)oc4ccccc45)cc3)c3ccc(-c4ccccc4-n4c5ccccc5c5ccccc54)cc3)cc2)cc1. The van der Waals surface area contributed by atoms with Gasteiger partial charge in [0.05, 0.1) is 22.4 Å². The maximum Gasteiger partial charge on any atom is 0.136 e. The molecule has 3 nitrogen and oxygen atoms in total. The monoisotopic (exact) mass is 880 g/mol. The highest BCUT2D eigenvalue weighted by Crippen LogP contribution is 2.44. The van der Waals surface area contributed by atoms with Gasteiger partial charge in [0, 0.05) is 44.0 Å². The van der Waals surface area contributed by atoms with Gasteiger partial charge >= 0.3 is 0 Å². The van der Waals surface area contributed by atoms with Gasteiger partial charge in [0.2, 0.25) is 0 Å². The maximum atomic E-state index is 6.33. The lowest BCUT2D eigenvalue weighted by Gasteiger charge is -2.28. The highest BCUT2D eigenvalue weighted by molar-refractivity contribution is 6.10. The van der Waals surface area contributed by atoms with Gasteiger partial charge in [0.15, 0.2) is 0 Å². The summed E-state index contributed by atoms with van der Waals surface area (Å²) in [5, 5.41) is 4.77. The van der Waals surface area contributed by atoms with Crippen LogP contribution in [0.5, 0.6) is 0 Å². The minimum absolute atomic E-state index is 0.893. The Bertz CT molecular complexity index is 3940. The molecule has 11 aromatic carbocycles. The van der Waals surface area contributed by atoms with Gasteiger partial charge in [-0.3, -0.25) is 0 Å². The van der Waals surface area contributed by atoms with Crippen molar-refractivity contribution in [1.82, 2.24) is 4.57 Å². The molecule has 0 N–H and O–H groups in total. The molecule has 69 heavy (non-hydrogen) atoms. The number of anilines is 3. The molecule has 0 aliphatic rings. The van der Waals surface area contributed by atoms with Crippen LogP contribution in [0.3, 0.4) is 0 Å². The van der Waals surface area contributed by atoms with Crippen molar-refractivity contribution in [3.05, 3.63) is 267 Å². The number of fused-ring (bicyclic) bond motifs is 6. The largest absolute Gasteiger partial charge is 0.456 e. The topological polar surface area (TPSA) is 21.3 Å². The van der Waals surface area contributed by atoms with E-state index in [9.17, 15) is 0 Å². The predicted octanol–water partition coefficient (Wildman–Crippen LogP) is 18.5. The Hall–Kier alpha value is -9.18. The first-order valence-electron chi connectivity index (χ1n) is 23.6. The number of benzene rings is 11. The van der Waals surface area contributed by atoms with Crippen LogP contribution in [0.15, 0.2) is 271 Å². The van der Waals surface area contributed by atoms with Crippen LogP contribution in [-0.2, 0) is 0 Å². The molecular formula is C66H44N2O. The number of rotatable bonds is 9. The van der Waals surface area contributed by atoms with Crippen molar-refractivity contribution in [2.45, 2.75) is 0 Å². The normalized spacial score (nSPS) is 11.5. The molecule has 0 saturated heterocycles. The van der Waals surface area contributed by atoms with Gasteiger partial charge in [-0.25, -0.2) is 0 Å². The highest BCUT2D eigenvalue weighted by Gasteiger charge is 2.20. The van der Waals surface area contributed by atoms with Crippen molar-refractivity contribution in [3.8, 4) is 61.3 Å². The molecule has 3 heteroatoms. The van der Waals surface area contributed by atoms with Crippen molar-refractivity contribution in [1.29, 1.82) is 0 Å². The van der Waals surface area contributed by atoms with Crippen molar-refractivity contribution >= 4 is 60.8 Å². The Morgan fingerprint density at radius 3 is 1.39 bits per heavy atom. The first-order valence-corrected chi connectivity index (χ1v) is 23.6. The van der Waals surface area contributed by atoms with Gasteiger partial charge in [-0.05, 0) is 111 Å². The summed E-state index contributed by atoms with van der Waals surface area (Å²) in [4.78, 5) is 2.40. The summed E-state index contributed by atoms with van der Waals surface area (Å²) >= 11 is 0. The molecule has 2 aromatic heterocycles. The van der Waals surface area contributed by atoms with Crippen LogP contribution in [0.1, 0.15) is 0 Å². The number of nitrogens with zero attached hydrogens (tertiary/aromatic N) is 2. The van der Waals surface area contributed by atoms with Crippen molar-refractivity contribution in [3.63, 3.8) is 0 Å². The van der Waals surface area contributed by atoms with E-state index in [0.717, 1.165) is 83.6 Å². The van der Waals surface area contributed by atoms with E-state index in [1.165, 1.54) is 38.5 Å². The number of aromatic nitrogens is 1. The molecule has 0 unspecified atom stereocenters.